The fraction of sp³-hybridized carbons (Fsp3) is 0.0833. The zero-order valence-corrected chi connectivity index (χ0v) is 11.4. The second kappa shape index (κ2) is 5.35. The molecule has 0 aliphatic heterocycles. The number of nitrogens with two attached hydrogens (primary N) is 1. The SMILES string of the molecule is Cc1ccc(C(=O)Nc2ccnc(S(N)(=O)=O)c2)cn1. The van der Waals surface area contributed by atoms with E-state index in [4.69, 9.17) is 5.14 Å². The van der Waals surface area contributed by atoms with Crippen molar-refractivity contribution < 1.29 is 13.2 Å². The first-order valence-corrected chi connectivity index (χ1v) is 7.14. The Kier molecular flexibility index (Phi) is 3.77. The Labute approximate surface area is 115 Å². The van der Waals surface area contributed by atoms with Gasteiger partial charge in [-0.25, -0.2) is 18.5 Å². The molecule has 0 spiro atoms. The van der Waals surface area contributed by atoms with Crippen LogP contribution in [0.25, 0.3) is 0 Å². The first-order valence-electron chi connectivity index (χ1n) is 5.59. The zero-order valence-electron chi connectivity index (χ0n) is 10.6. The van der Waals surface area contributed by atoms with Gasteiger partial charge in [-0.2, -0.15) is 0 Å². The number of hydrogen-bond donors (Lipinski definition) is 2. The lowest BCUT2D eigenvalue weighted by atomic mass is 10.2. The maximum absolute atomic E-state index is 11.9. The van der Waals surface area contributed by atoms with E-state index >= 15 is 0 Å². The summed E-state index contributed by atoms with van der Waals surface area (Å²) in [5.41, 5.74) is 1.45. The summed E-state index contributed by atoms with van der Waals surface area (Å²) in [6, 6.07) is 5.99. The average Bonchev–Trinajstić information content (AvgIpc) is 2.38. The number of pyridine rings is 2. The molecule has 3 N–H and O–H groups in total. The summed E-state index contributed by atoms with van der Waals surface area (Å²) in [6.07, 6.45) is 2.69. The molecule has 2 rings (SSSR count). The van der Waals surface area contributed by atoms with E-state index in [-0.39, 0.29) is 10.7 Å². The van der Waals surface area contributed by atoms with Gasteiger partial charge in [0.05, 0.1) is 5.56 Å². The van der Waals surface area contributed by atoms with E-state index in [2.05, 4.69) is 15.3 Å². The van der Waals surface area contributed by atoms with Crippen molar-refractivity contribution in [3.05, 3.63) is 47.9 Å². The maximum Gasteiger partial charge on any atom is 0.257 e. The van der Waals surface area contributed by atoms with E-state index in [1.54, 1.807) is 12.1 Å². The number of amides is 1. The molecule has 0 bridgehead atoms. The average molecular weight is 292 g/mol. The smallest absolute Gasteiger partial charge is 0.257 e. The minimum absolute atomic E-state index is 0.287. The Morgan fingerprint density at radius 3 is 2.60 bits per heavy atom. The molecule has 0 fully saturated rings. The van der Waals surface area contributed by atoms with Crippen LogP contribution >= 0.6 is 0 Å². The van der Waals surface area contributed by atoms with Crippen LogP contribution in [-0.4, -0.2) is 24.3 Å². The zero-order chi connectivity index (χ0) is 14.8. The highest BCUT2D eigenvalue weighted by atomic mass is 32.2. The second-order valence-electron chi connectivity index (χ2n) is 4.07. The molecule has 2 heterocycles. The first kappa shape index (κ1) is 14.1. The Hall–Kier alpha value is -2.32. The highest BCUT2D eigenvalue weighted by molar-refractivity contribution is 7.89. The van der Waals surface area contributed by atoms with Crippen LogP contribution in [0.15, 0.2) is 41.7 Å². The van der Waals surface area contributed by atoms with Crippen LogP contribution in [0.4, 0.5) is 5.69 Å². The number of aryl methyl sites for hydroxylation is 1. The first-order chi connectivity index (χ1) is 9.36. The lowest BCUT2D eigenvalue weighted by Crippen LogP contribution is -2.16. The van der Waals surface area contributed by atoms with Crippen LogP contribution in [0.1, 0.15) is 16.1 Å². The molecule has 8 heteroatoms. The number of nitrogens with zero attached hydrogens (tertiary/aromatic N) is 2. The third-order valence-electron chi connectivity index (χ3n) is 2.46. The van der Waals surface area contributed by atoms with Crippen LogP contribution in [0.5, 0.6) is 0 Å². The molecule has 20 heavy (non-hydrogen) atoms. The molecule has 7 nitrogen and oxygen atoms in total. The highest BCUT2D eigenvalue weighted by Gasteiger charge is 2.12. The number of carbonyl (C=O) groups excluding carboxylic acids is 1. The van der Waals surface area contributed by atoms with Crippen molar-refractivity contribution in [2.75, 3.05) is 5.32 Å². The van der Waals surface area contributed by atoms with Crippen LogP contribution in [0.3, 0.4) is 0 Å². The summed E-state index contributed by atoms with van der Waals surface area (Å²) in [4.78, 5) is 19.6. The molecule has 1 amide bonds. The van der Waals surface area contributed by atoms with Crippen molar-refractivity contribution in [2.24, 2.45) is 5.14 Å². The number of nitrogens with one attached hydrogen (secondary N) is 1. The van der Waals surface area contributed by atoms with Gasteiger partial charge in [0.2, 0.25) is 0 Å². The molecule has 2 aromatic heterocycles. The molecule has 2 aromatic rings. The number of primary sulfonamides is 1. The van der Waals surface area contributed by atoms with E-state index in [0.717, 1.165) is 5.69 Å². The van der Waals surface area contributed by atoms with Gasteiger partial charge in [0, 0.05) is 29.8 Å². The lowest BCUT2D eigenvalue weighted by molar-refractivity contribution is 0.102. The minimum atomic E-state index is -3.91. The van der Waals surface area contributed by atoms with E-state index in [0.29, 0.717) is 5.56 Å². The van der Waals surface area contributed by atoms with Gasteiger partial charge in [-0.15, -0.1) is 0 Å². The third-order valence-corrected chi connectivity index (χ3v) is 3.26. The molecule has 104 valence electrons. The number of hydrogen-bond acceptors (Lipinski definition) is 5. The molecule has 0 aromatic carbocycles. The molecule has 0 saturated heterocycles. The number of anilines is 1. The van der Waals surface area contributed by atoms with Crippen LogP contribution < -0.4 is 10.5 Å². The molecule has 0 atom stereocenters. The van der Waals surface area contributed by atoms with Crippen LogP contribution in [0.2, 0.25) is 0 Å². The number of aromatic nitrogens is 2. The van der Waals surface area contributed by atoms with Gasteiger partial charge < -0.3 is 5.32 Å². The predicted molar refractivity (Wildman–Crippen MR) is 72.5 cm³/mol. The van der Waals surface area contributed by atoms with Gasteiger partial charge in [0.15, 0.2) is 5.03 Å². The van der Waals surface area contributed by atoms with Gasteiger partial charge in [-0.3, -0.25) is 9.78 Å². The van der Waals surface area contributed by atoms with Crippen molar-refractivity contribution >= 4 is 21.6 Å². The third kappa shape index (κ3) is 3.37. The van der Waals surface area contributed by atoms with Crippen molar-refractivity contribution in [1.82, 2.24) is 9.97 Å². The van der Waals surface area contributed by atoms with Crippen molar-refractivity contribution in [3.8, 4) is 0 Å². The summed E-state index contributed by atoms with van der Waals surface area (Å²) >= 11 is 0. The van der Waals surface area contributed by atoms with Crippen LogP contribution in [-0.2, 0) is 10.0 Å². The number of sulfonamides is 1. The molecule has 0 saturated carbocycles. The summed E-state index contributed by atoms with van der Waals surface area (Å²) in [5, 5.41) is 7.21. The Balaban J connectivity index is 2.22. The minimum Gasteiger partial charge on any atom is -0.322 e. The molecule has 0 unspecified atom stereocenters. The van der Waals surface area contributed by atoms with Crippen molar-refractivity contribution in [1.29, 1.82) is 0 Å². The Morgan fingerprint density at radius 1 is 1.25 bits per heavy atom. The summed E-state index contributed by atoms with van der Waals surface area (Å²) < 4.78 is 22.3. The van der Waals surface area contributed by atoms with Gasteiger partial charge in [0.25, 0.3) is 15.9 Å². The van der Waals surface area contributed by atoms with E-state index < -0.39 is 15.9 Å². The van der Waals surface area contributed by atoms with Crippen LogP contribution in [0, 0.1) is 6.92 Å². The molecular formula is C12H12N4O3S. The van der Waals surface area contributed by atoms with E-state index in [9.17, 15) is 13.2 Å². The quantitative estimate of drug-likeness (QED) is 0.863. The molecular weight excluding hydrogens is 280 g/mol. The summed E-state index contributed by atoms with van der Waals surface area (Å²) in [6.45, 7) is 1.81. The molecule has 0 aliphatic carbocycles. The fourth-order valence-corrected chi connectivity index (χ4v) is 1.95. The lowest BCUT2D eigenvalue weighted by Gasteiger charge is -2.06. The molecule has 0 radical (unpaired) electrons. The highest BCUT2D eigenvalue weighted by Crippen LogP contribution is 2.12. The van der Waals surface area contributed by atoms with Crippen molar-refractivity contribution in [3.63, 3.8) is 0 Å². The monoisotopic (exact) mass is 292 g/mol. The summed E-state index contributed by atoms with van der Waals surface area (Å²) in [7, 11) is -3.91. The number of rotatable bonds is 3. The van der Waals surface area contributed by atoms with Gasteiger partial charge >= 0.3 is 0 Å². The Morgan fingerprint density at radius 2 is 2.00 bits per heavy atom. The number of carbonyl (C=O) groups is 1. The van der Waals surface area contributed by atoms with Crippen molar-refractivity contribution in [2.45, 2.75) is 11.9 Å². The largest absolute Gasteiger partial charge is 0.322 e. The normalized spacial score (nSPS) is 11.1. The Bertz CT molecular complexity index is 742. The van der Waals surface area contributed by atoms with Gasteiger partial charge in [0.1, 0.15) is 0 Å². The fourth-order valence-electron chi connectivity index (χ4n) is 1.45. The second-order valence-corrected chi connectivity index (χ2v) is 5.58. The van der Waals surface area contributed by atoms with E-state index in [1.165, 1.54) is 24.5 Å². The predicted octanol–water partition coefficient (Wildman–Crippen LogP) is 0.685. The topological polar surface area (TPSA) is 115 Å². The van der Waals surface area contributed by atoms with E-state index in [1.807, 2.05) is 6.92 Å². The van der Waals surface area contributed by atoms with Gasteiger partial charge in [-0.1, -0.05) is 0 Å². The van der Waals surface area contributed by atoms with Gasteiger partial charge in [-0.05, 0) is 25.1 Å². The standard InChI is InChI=1S/C12H12N4O3S/c1-8-2-3-9(7-15-8)12(17)16-10-4-5-14-11(6-10)20(13,18)19/h2-7H,1H3,(H2,13,18,19)(H,14,16,17). The molecule has 0 aliphatic rings. The summed E-state index contributed by atoms with van der Waals surface area (Å²) in [5.74, 6) is -0.399. The maximum atomic E-state index is 11.9.